The summed E-state index contributed by atoms with van der Waals surface area (Å²) in [5, 5.41) is 4.08. The number of benzene rings is 1. The van der Waals surface area contributed by atoms with E-state index >= 15 is 0 Å². The smallest absolute Gasteiger partial charge is 0.269 e. The first-order valence-electron chi connectivity index (χ1n) is 9.07. The lowest BCUT2D eigenvalue weighted by Gasteiger charge is -2.33. The highest BCUT2D eigenvalue weighted by atomic mass is 32.2. The van der Waals surface area contributed by atoms with Crippen molar-refractivity contribution in [3.05, 3.63) is 48.4 Å². The van der Waals surface area contributed by atoms with Crippen molar-refractivity contribution in [2.45, 2.75) is 30.7 Å². The predicted molar refractivity (Wildman–Crippen MR) is 108 cm³/mol. The van der Waals surface area contributed by atoms with E-state index in [0.717, 1.165) is 42.7 Å². The van der Waals surface area contributed by atoms with E-state index in [4.69, 9.17) is 0 Å². The minimum Gasteiger partial charge on any atom is -0.358 e. The standard InChI is InChI=1S/C18H22BN5O2S/c1-13-4-6-15(7-5-13)27(25,26)24-10-8-16-17(20-12-21-18(16)24)23-9-2-3-14(11-23)22-19/h4-8,10,12,14,22H,2-3,9,11,19H2,1H3. The average molecular weight is 383 g/mol. The average Bonchev–Trinajstić information content (AvgIpc) is 3.13. The van der Waals surface area contributed by atoms with Gasteiger partial charge in [0, 0.05) is 25.3 Å². The monoisotopic (exact) mass is 383 g/mol. The van der Waals surface area contributed by atoms with E-state index in [-0.39, 0.29) is 4.90 Å². The van der Waals surface area contributed by atoms with E-state index in [2.05, 4.69) is 20.1 Å². The summed E-state index contributed by atoms with van der Waals surface area (Å²) in [6.07, 6.45) is 5.21. The van der Waals surface area contributed by atoms with E-state index in [1.807, 2.05) is 14.9 Å². The van der Waals surface area contributed by atoms with E-state index in [9.17, 15) is 8.42 Å². The molecule has 0 radical (unpaired) electrons. The first-order valence-corrected chi connectivity index (χ1v) is 10.5. The third kappa shape index (κ3) is 3.21. The predicted octanol–water partition coefficient (Wildman–Crippen LogP) is 1.08. The molecule has 1 aliphatic rings. The van der Waals surface area contributed by atoms with Gasteiger partial charge in [0.2, 0.25) is 0 Å². The molecule has 7 nitrogen and oxygen atoms in total. The number of fused-ring (bicyclic) bond motifs is 1. The number of anilines is 1. The molecule has 1 saturated heterocycles. The topological polar surface area (TPSA) is 80.1 Å². The second-order valence-electron chi connectivity index (χ2n) is 6.94. The molecule has 0 amide bonds. The minimum atomic E-state index is -3.71. The van der Waals surface area contributed by atoms with Crippen molar-refractivity contribution >= 4 is 34.9 Å². The van der Waals surface area contributed by atoms with Crippen molar-refractivity contribution in [3.8, 4) is 0 Å². The van der Waals surface area contributed by atoms with Crippen LogP contribution in [0.3, 0.4) is 0 Å². The Balaban J connectivity index is 1.78. The molecule has 0 spiro atoms. The second kappa shape index (κ2) is 6.97. The van der Waals surface area contributed by atoms with E-state index in [1.165, 1.54) is 10.3 Å². The molecule has 0 aliphatic carbocycles. The number of piperidine rings is 1. The molecular formula is C18H22BN5O2S. The molecule has 9 heteroatoms. The summed E-state index contributed by atoms with van der Waals surface area (Å²) in [5.41, 5.74) is 1.42. The summed E-state index contributed by atoms with van der Waals surface area (Å²) in [7, 11) is -1.74. The van der Waals surface area contributed by atoms with Gasteiger partial charge in [0.05, 0.1) is 10.3 Å². The normalized spacial score (nSPS) is 18.1. The van der Waals surface area contributed by atoms with Gasteiger partial charge in [0.25, 0.3) is 10.0 Å². The van der Waals surface area contributed by atoms with Crippen LogP contribution in [0.5, 0.6) is 0 Å². The Bertz CT molecular complexity index is 1070. The van der Waals surface area contributed by atoms with Gasteiger partial charge in [-0.05, 0) is 38.0 Å². The van der Waals surface area contributed by atoms with E-state index in [1.54, 1.807) is 36.5 Å². The first-order chi connectivity index (χ1) is 13.0. The van der Waals surface area contributed by atoms with Gasteiger partial charge in [-0.1, -0.05) is 17.7 Å². The molecule has 2 aromatic heterocycles. The molecule has 140 valence electrons. The molecule has 1 atom stereocenters. The molecule has 1 aromatic carbocycles. The van der Waals surface area contributed by atoms with Crippen molar-refractivity contribution in [3.63, 3.8) is 0 Å². The highest BCUT2D eigenvalue weighted by Gasteiger charge is 2.25. The Hall–Kier alpha value is -2.39. The van der Waals surface area contributed by atoms with Gasteiger partial charge in [0.1, 0.15) is 12.1 Å². The van der Waals surface area contributed by atoms with Gasteiger partial charge in [-0.25, -0.2) is 22.4 Å². The number of hydrogen-bond donors (Lipinski definition) is 1. The lowest BCUT2D eigenvalue weighted by atomic mass is 10.0. The van der Waals surface area contributed by atoms with Gasteiger partial charge in [-0.15, -0.1) is 0 Å². The fourth-order valence-electron chi connectivity index (χ4n) is 3.59. The number of nitrogens with one attached hydrogen (secondary N) is 1. The zero-order chi connectivity index (χ0) is 19.0. The molecule has 3 heterocycles. The van der Waals surface area contributed by atoms with Crippen LogP contribution in [0.25, 0.3) is 11.0 Å². The van der Waals surface area contributed by atoms with Crippen molar-refractivity contribution in [1.82, 2.24) is 19.2 Å². The van der Waals surface area contributed by atoms with Crippen LogP contribution in [0.2, 0.25) is 0 Å². The van der Waals surface area contributed by atoms with Crippen LogP contribution in [0.4, 0.5) is 5.82 Å². The summed E-state index contributed by atoms with van der Waals surface area (Å²) < 4.78 is 27.4. The lowest BCUT2D eigenvalue weighted by Crippen LogP contribution is -2.45. The van der Waals surface area contributed by atoms with Gasteiger partial charge < -0.3 is 10.1 Å². The molecular weight excluding hydrogens is 361 g/mol. The van der Waals surface area contributed by atoms with Gasteiger partial charge >= 0.3 is 0 Å². The Morgan fingerprint density at radius 3 is 2.70 bits per heavy atom. The van der Waals surface area contributed by atoms with Gasteiger partial charge in [0.15, 0.2) is 13.6 Å². The maximum atomic E-state index is 13.1. The SMILES string of the molecule is BNC1CCCN(c2ncnc3c2ccn3S(=O)(=O)c2ccc(C)cc2)C1. The number of rotatable bonds is 4. The van der Waals surface area contributed by atoms with Crippen LogP contribution in [-0.2, 0) is 10.0 Å². The summed E-state index contributed by atoms with van der Waals surface area (Å²) in [5.74, 6) is 0.790. The molecule has 3 aromatic rings. The molecule has 4 rings (SSSR count). The van der Waals surface area contributed by atoms with Crippen LogP contribution in [0.1, 0.15) is 18.4 Å². The Morgan fingerprint density at radius 1 is 1.19 bits per heavy atom. The number of nitrogens with zero attached hydrogens (tertiary/aromatic N) is 4. The molecule has 1 fully saturated rings. The van der Waals surface area contributed by atoms with Crippen LogP contribution >= 0.6 is 0 Å². The largest absolute Gasteiger partial charge is 0.358 e. The van der Waals surface area contributed by atoms with Crippen LogP contribution in [-0.4, -0.2) is 49.5 Å². The van der Waals surface area contributed by atoms with Crippen molar-refractivity contribution in [2.24, 2.45) is 0 Å². The second-order valence-corrected chi connectivity index (χ2v) is 8.75. The summed E-state index contributed by atoms with van der Waals surface area (Å²) in [6.45, 7) is 3.68. The van der Waals surface area contributed by atoms with E-state index in [0.29, 0.717) is 11.7 Å². The van der Waals surface area contributed by atoms with Crippen molar-refractivity contribution in [1.29, 1.82) is 0 Å². The fraction of sp³-hybridized carbons (Fsp3) is 0.333. The maximum absolute atomic E-state index is 13.1. The quantitative estimate of drug-likeness (QED) is 0.680. The number of aryl methyl sites for hydroxylation is 1. The zero-order valence-corrected chi connectivity index (χ0v) is 16.3. The minimum absolute atomic E-state index is 0.249. The van der Waals surface area contributed by atoms with Crippen LogP contribution in [0.15, 0.2) is 47.8 Å². The van der Waals surface area contributed by atoms with Crippen LogP contribution in [0, 0.1) is 6.92 Å². The summed E-state index contributed by atoms with van der Waals surface area (Å²) >= 11 is 0. The lowest BCUT2D eigenvalue weighted by molar-refractivity contribution is 0.479. The summed E-state index contributed by atoms with van der Waals surface area (Å²) in [6, 6.07) is 9.04. The molecule has 0 bridgehead atoms. The third-order valence-corrected chi connectivity index (χ3v) is 6.81. The zero-order valence-electron chi connectivity index (χ0n) is 15.5. The maximum Gasteiger partial charge on any atom is 0.269 e. The third-order valence-electron chi connectivity index (χ3n) is 5.13. The van der Waals surface area contributed by atoms with E-state index < -0.39 is 10.0 Å². The molecule has 1 unspecified atom stereocenters. The van der Waals surface area contributed by atoms with Crippen molar-refractivity contribution in [2.75, 3.05) is 18.0 Å². The Kier molecular flexibility index (Phi) is 4.65. The molecule has 0 saturated carbocycles. The molecule has 1 aliphatic heterocycles. The highest BCUT2D eigenvalue weighted by Crippen LogP contribution is 2.28. The fourth-order valence-corrected chi connectivity index (χ4v) is 4.89. The Morgan fingerprint density at radius 2 is 1.96 bits per heavy atom. The number of aromatic nitrogens is 3. The molecule has 1 N–H and O–H groups in total. The number of hydrogen-bond acceptors (Lipinski definition) is 6. The Labute approximate surface area is 159 Å². The first kappa shape index (κ1) is 18.0. The summed E-state index contributed by atoms with van der Waals surface area (Å²) in [4.78, 5) is 11.2. The highest BCUT2D eigenvalue weighted by molar-refractivity contribution is 7.90. The van der Waals surface area contributed by atoms with Gasteiger partial charge in [-0.3, -0.25) is 0 Å². The molecule has 27 heavy (non-hydrogen) atoms. The van der Waals surface area contributed by atoms with Gasteiger partial charge in [-0.2, -0.15) is 0 Å². The van der Waals surface area contributed by atoms with Crippen molar-refractivity contribution < 1.29 is 8.42 Å². The van der Waals surface area contributed by atoms with Crippen LogP contribution < -0.4 is 10.1 Å².